The Balaban J connectivity index is 5.14. The number of halogens is 7. The molecule has 0 spiro atoms. The van der Waals surface area contributed by atoms with Gasteiger partial charge in [0.1, 0.15) is 6.61 Å². The molecule has 0 fully saturated rings. The molecule has 0 aliphatic heterocycles. The highest BCUT2D eigenvalue weighted by molar-refractivity contribution is 4.97. The molecule has 2 nitrogen and oxygen atoms in total. The topological polar surface area (TPSA) is 40.5 Å². The van der Waals surface area contributed by atoms with Gasteiger partial charge in [-0.2, -0.15) is 26.3 Å². The molecule has 0 aromatic heterocycles. The summed E-state index contributed by atoms with van der Waals surface area (Å²) in [6.07, 6.45) is -4.45. The van der Waals surface area contributed by atoms with Gasteiger partial charge >= 0.3 is 17.8 Å². The SMILES string of the molecule is OCC(F)(F)C(F)(F)C(F)(F)C(O)F. The Morgan fingerprint density at radius 1 is 1.00 bits per heavy atom. The van der Waals surface area contributed by atoms with Crippen LogP contribution < -0.4 is 0 Å². The second-order valence-electron chi connectivity index (χ2n) is 2.40. The number of aliphatic hydroxyl groups excluding tert-OH is 2. The molecular formula is C5H5F7O2. The van der Waals surface area contributed by atoms with E-state index in [4.69, 9.17) is 10.2 Å². The van der Waals surface area contributed by atoms with Gasteiger partial charge in [0, 0.05) is 0 Å². The van der Waals surface area contributed by atoms with Crippen LogP contribution in [0, 0.1) is 0 Å². The van der Waals surface area contributed by atoms with Crippen LogP contribution >= 0.6 is 0 Å². The van der Waals surface area contributed by atoms with E-state index in [1.807, 2.05) is 0 Å². The van der Waals surface area contributed by atoms with E-state index in [0.717, 1.165) is 0 Å². The number of alkyl halides is 7. The lowest BCUT2D eigenvalue weighted by molar-refractivity contribution is -0.353. The van der Waals surface area contributed by atoms with Crippen LogP contribution in [0.4, 0.5) is 30.7 Å². The molecule has 0 radical (unpaired) electrons. The van der Waals surface area contributed by atoms with E-state index in [-0.39, 0.29) is 0 Å². The second kappa shape index (κ2) is 3.54. The largest absolute Gasteiger partial charge is 0.390 e. The monoisotopic (exact) mass is 230 g/mol. The van der Waals surface area contributed by atoms with Gasteiger partial charge in [-0.3, -0.25) is 0 Å². The van der Waals surface area contributed by atoms with E-state index in [1.54, 1.807) is 0 Å². The Kier molecular flexibility index (Phi) is 3.39. The van der Waals surface area contributed by atoms with E-state index in [9.17, 15) is 30.7 Å². The standard InChI is InChI=1S/C5H5F7O2/c6-2(14)4(9,10)5(11,12)3(7,8)1-13/h2,13-14H,1H2. The van der Waals surface area contributed by atoms with Crippen LogP contribution in [0.1, 0.15) is 0 Å². The molecular weight excluding hydrogens is 225 g/mol. The fourth-order valence-electron chi connectivity index (χ4n) is 0.493. The molecule has 86 valence electrons. The molecule has 0 amide bonds. The Bertz CT molecular complexity index is 202. The first-order valence-electron chi connectivity index (χ1n) is 3.07. The van der Waals surface area contributed by atoms with Crippen molar-refractivity contribution in [2.24, 2.45) is 0 Å². The summed E-state index contributed by atoms with van der Waals surface area (Å²) in [6, 6.07) is 0. The maximum absolute atomic E-state index is 12.2. The predicted octanol–water partition coefficient (Wildman–Crippen LogP) is 1.17. The smallest absolute Gasteiger partial charge is 0.379 e. The van der Waals surface area contributed by atoms with Crippen LogP contribution in [0.5, 0.6) is 0 Å². The summed E-state index contributed by atoms with van der Waals surface area (Å²) in [5.74, 6) is -17.7. The van der Waals surface area contributed by atoms with Crippen molar-refractivity contribution < 1.29 is 40.9 Å². The van der Waals surface area contributed by atoms with Crippen LogP contribution in [-0.4, -0.2) is 40.9 Å². The fourth-order valence-corrected chi connectivity index (χ4v) is 0.493. The minimum absolute atomic E-state index is 2.59. The van der Waals surface area contributed by atoms with Gasteiger partial charge in [-0.15, -0.1) is 0 Å². The molecule has 0 aliphatic rings. The zero-order valence-corrected chi connectivity index (χ0v) is 6.32. The van der Waals surface area contributed by atoms with E-state index in [0.29, 0.717) is 0 Å². The maximum atomic E-state index is 12.2. The lowest BCUT2D eigenvalue weighted by Crippen LogP contribution is -2.59. The number of hydrogen-bond acceptors (Lipinski definition) is 2. The normalized spacial score (nSPS) is 16.9. The fraction of sp³-hybridized carbons (Fsp3) is 1.00. The zero-order valence-electron chi connectivity index (χ0n) is 6.32. The van der Waals surface area contributed by atoms with Gasteiger partial charge in [0.25, 0.3) is 6.36 Å². The molecule has 9 heteroatoms. The lowest BCUT2D eigenvalue weighted by atomic mass is 10.1. The minimum atomic E-state index is -6.18. The maximum Gasteiger partial charge on any atom is 0.379 e. The first-order chi connectivity index (χ1) is 6.00. The molecule has 2 N–H and O–H groups in total. The quantitative estimate of drug-likeness (QED) is 0.712. The van der Waals surface area contributed by atoms with Crippen molar-refractivity contribution in [1.82, 2.24) is 0 Å². The molecule has 0 aromatic carbocycles. The van der Waals surface area contributed by atoms with Crippen molar-refractivity contribution in [1.29, 1.82) is 0 Å². The van der Waals surface area contributed by atoms with Crippen molar-refractivity contribution >= 4 is 0 Å². The van der Waals surface area contributed by atoms with E-state index in [2.05, 4.69) is 0 Å². The third-order valence-corrected chi connectivity index (χ3v) is 1.38. The van der Waals surface area contributed by atoms with Gasteiger partial charge in [0.15, 0.2) is 0 Å². The summed E-state index contributed by atoms with van der Waals surface area (Å²) in [5.41, 5.74) is 0. The van der Waals surface area contributed by atoms with Gasteiger partial charge in [0.05, 0.1) is 0 Å². The van der Waals surface area contributed by atoms with Crippen LogP contribution in [0.15, 0.2) is 0 Å². The molecule has 0 aromatic rings. The van der Waals surface area contributed by atoms with E-state index < -0.39 is 30.7 Å². The summed E-state index contributed by atoms with van der Waals surface area (Å²) in [5, 5.41) is 15.3. The molecule has 1 atom stereocenters. The highest BCUT2D eigenvalue weighted by Crippen LogP contribution is 2.47. The first-order valence-corrected chi connectivity index (χ1v) is 3.07. The first kappa shape index (κ1) is 13.4. The summed E-state index contributed by atoms with van der Waals surface area (Å²) >= 11 is 0. The molecule has 0 heterocycles. The molecule has 0 saturated carbocycles. The Morgan fingerprint density at radius 2 is 1.36 bits per heavy atom. The molecule has 0 saturated heterocycles. The van der Waals surface area contributed by atoms with Crippen LogP contribution in [0.2, 0.25) is 0 Å². The van der Waals surface area contributed by atoms with Gasteiger partial charge in [-0.05, 0) is 0 Å². The minimum Gasteiger partial charge on any atom is -0.390 e. The zero-order chi connectivity index (χ0) is 11.8. The van der Waals surface area contributed by atoms with E-state index in [1.165, 1.54) is 0 Å². The summed E-state index contributed by atoms with van der Waals surface area (Å²) in [6.45, 7) is -2.59. The van der Waals surface area contributed by atoms with Crippen molar-refractivity contribution in [3.8, 4) is 0 Å². The third kappa shape index (κ3) is 1.78. The van der Waals surface area contributed by atoms with Crippen molar-refractivity contribution in [3.63, 3.8) is 0 Å². The number of aliphatic hydroxyl groups is 2. The summed E-state index contributed by atoms with van der Waals surface area (Å²) < 4.78 is 84.0. The van der Waals surface area contributed by atoms with Gasteiger partial charge in [-0.1, -0.05) is 0 Å². The molecule has 0 aliphatic carbocycles. The Morgan fingerprint density at radius 3 is 1.57 bits per heavy atom. The third-order valence-electron chi connectivity index (χ3n) is 1.38. The highest BCUT2D eigenvalue weighted by atomic mass is 19.3. The average molecular weight is 230 g/mol. The molecule has 0 rings (SSSR count). The van der Waals surface area contributed by atoms with Crippen molar-refractivity contribution in [2.75, 3.05) is 6.61 Å². The van der Waals surface area contributed by atoms with Crippen LogP contribution in [0.25, 0.3) is 0 Å². The van der Waals surface area contributed by atoms with E-state index >= 15 is 0 Å². The lowest BCUT2D eigenvalue weighted by Gasteiger charge is -2.31. The number of rotatable bonds is 4. The highest BCUT2D eigenvalue weighted by Gasteiger charge is 2.74. The van der Waals surface area contributed by atoms with Crippen LogP contribution in [-0.2, 0) is 0 Å². The van der Waals surface area contributed by atoms with Gasteiger partial charge < -0.3 is 10.2 Å². The number of hydrogen-bond donors (Lipinski definition) is 2. The molecule has 1 unspecified atom stereocenters. The molecule has 0 bridgehead atoms. The van der Waals surface area contributed by atoms with Crippen molar-refractivity contribution in [2.45, 2.75) is 24.1 Å². The second-order valence-corrected chi connectivity index (χ2v) is 2.40. The molecule has 14 heavy (non-hydrogen) atoms. The van der Waals surface area contributed by atoms with Gasteiger partial charge in [-0.25, -0.2) is 4.39 Å². The average Bonchev–Trinajstić information content (AvgIpc) is 2.03. The summed E-state index contributed by atoms with van der Waals surface area (Å²) in [4.78, 5) is 0. The Labute approximate surface area is 72.9 Å². The predicted molar refractivity (Wildman–Crippen MR) is 29.0 cm³/mol. The Hall–Kier alpha value is -0.570. The summed E-state index contributed by atoms with van der Waals surface area (Å²) in [7, 11) is 0. The van der Waals surface area contributed by atoms with Gasteiger partial charge in [0.2, 0.25) is 0 Å². The van der Waals surface area contributed by atoms with Crippen LogP contribution in [0.3, 0.4) is 0 Å². The van der Waals surface area contributed by atoms with Crippen molar-refractivity contribution in [3.05, 3.63) is 0 Å².